The maximum Gasteiger partial charge on any atom is 0.348 e. The number of hydrogen-bond acceptors (Lipinski definition) is 3. The Morgan fingerprint density at radius 2 is 1.86 bits per heavy atom. The summed E-state index contributed by atoms with van der Waals surface area (Å²) in [6.45, 7) is 3.81. The van der Waals surface area contributed by atoms with Crippen LogP contribution in [-0.4, -0.2) is 11.7 Å². The molecular formula is C11H11NO2. The number of nitrogens with zero attached hydrogens (tertiary/aromatic N) is 1. The maximum atomic E-state index is 11.3. The van der Waals surface area contributed by atoms with Gasteiger partial charge in [-0.2, -0.15) is 0 Å². The minimum Gasteiger partial charge on any atom is -0.317 e. The molecule has 14 heavy (non-hydrogen) atoms. The molecule has 1 heterocycles. The smallest absolute Gasteiger partial charge is 0.317 e. The minimum atomic E-state index is -0.310. The van der Waals surface area contributed by atoms with Crippen molar-refractivity contribution in [2.75, 3.05) is 0 Å². The van der Waals surface area contributed by atoms with E-state index in [1.807, 2.05) is 31.2 Å². The van der Waals surface area contributed by atoms with Gasteiger partial charge in [0.25, 0.3) is 0 Å². The fraction of sp³-hybridized carbons (Fsp3) is 0.273. The maximum absolute atomic E-state index is 11.3. The Hall–Kier alpha value is -1.64. The lowest BCUT2D eigenvalue weighted by atomic mass is 9.95. The molecule has 1 aromatic carbocycles. The summed E-state index contributed by atoms with van der Waals surface area (Å²) in [4.78, 5) is 15.9. The molecule has 0 saturated carbocycles. The first-order valence-electron chi connectivity index (χ1n) is 4.50. The van der Waals surface area contributed by atoms with Gasteiger partial charge in [-0.3, -0.25) is 0 Å². The predicted octanol–water partition coefficient (Wildman–Crippen LogP) is 2.01. The Balaban J connectivity index is 2.35. The van der Waals surface area contributed by atoms with E-state index >= 15 is 0 Å². The quantitative estimate of drug-likeness (QED) is 0.634. The number of hydrogen-bond donors (Lipinski definition) is 0. The van der Waals surface area contributed by atoms with E-state index < -0.39 is 0 Å². The Labute approximate surface area is 82.4 Å². The van der Waals surface area contributed by atoms with Crippen molar-refractivity contribution >= 4 is 11.7 Å². The summed E-state index contributed by atoms with van der Waals surface area (Å²) in [5.74, 6) is -0.595. The molecule has 1 aliphatic rings. The highest BCUT2D eigenvalue weighted by Crippen LogP contribution is 2.24. The molecule has 72 valence electrons. The lowest BCUT2D eigenvalue weighted by Crippen LogP contribution is -2.13. The van der Waals surface area contributed by atoms with Gasteiger partial charge >= 0.3 is 5.97 Å². The van der Waals surface area contributed by atoms with Gasteiger partial charge in [0.15, 0.2) is 0 Å². The van der Waals surface area contributed by atoms with Crippen LogP contribution in [0.4, 0.5) is 0 Å². The normalized spacial score (nSPS) is 20.6. The molecule has 0 N–H and O–H groups in total. The van der Waals surface area contributed by atoms with Crippen molar-refractivity contribution < 1.29 is 9.63 Å². The third-order valence-electron chi connectivity index (χ3n) is 2.34. The highest BCUT2D eigenvalue weighted by Gasteiger charge is 2.30. The van der Waals surface area contributed by atoms with E-state index in [1.165, 1.54) is 5.56 Å². The van der Waals surface area contributed by atoms with Gasteiger partial charge in [-0.15, -0.1) is 0 Å². The van der Waals surface area contributed by atoms with Crippen molar-refractivity contribution in [2.24, 2.45) is 5.16 Å². The monoisotopic (exact) mass is 189 g/mol. The lowest BCUT2D eigenvalue weighted by molar-refractivity contribution is -0.141. The second-order valence-corrected chi connectivity index (χ2v) is 3.49. The largest absolute Gasteiger partial charge is 0.348 e. The molecule has 0 saturated heterocycles. The van der Waals surface area contributed by atoms with Crippen molar-refractivity contribution in [3.63, 3.8) is 0 Å². The molecule has 0 spiro atoms. The molecule has 0 amide bonds. The van der Waals surface area contributed by atoms with Crippen molar-refractivity contribution in [1.29, 1.82) is 0 Å². The standard InChI is InChI=1S/C11H11NO2/c1-7-3-5-9(6-4-7)10-8(2)12-14-11(10)13/h3-6,10H,1-2H3/t10-/m0/s1. The van der Waals surface area contributed by atoms with E-state index in [1.54, 1.807) is 6.92 Å². The highest BCUT2D eigenvalue weighted by molar-refractivity contribution is 6.08. The minimum absolute atomic E-state index is 0.286. The molecule has 1 atom stereocenters. The lowest BCUT2D eigenvalue weighted by Gasteiger charge is -2.06. The molecule has 1 aromatic rings. The van der Waals surface area contributed by atoms with Gasteiger partial charge in [0, 0.05) is 0 Å². The summed E-state index contributed by atoms with van der Waals surface area (Å²) in [5, 5.41) is 3.66. The SMILES string of the molecule is CC1=NOC(=O)[C@@H]1c1ccc(C)cc1. The Bertz CT molecular complexity index is 392. The fourth-order valence-corrected chi connectivity index (χ4v) is 1.53. The van der Waals surface area contributed by atoms with Gasteiger partial charge in [-0.1, -0.05) is 35.0 Å². The molecule has 0 aliphatic carbocycles. The molecule has 0 fully saturated rings. The van der Waals surface area contributed by atoms with Gasteiger partial charge in [-0.25, -0.2) is 4.79 Å². The zero-order valence-electron chi connectivity index (χ0n) is 8.15. The number of benzene rings is 1. The van der Waals surface area contributed by atoms with E-state index in [4.69, 9.17) is 0 Å². The summed E-state index contributed by atoms with van der Waals surface area (Å²) in [6.07, 6.45) is 0. The van der Waals surface area contributed by atoms with E-state index in [0.717, 1.165) is 11.3 Å². The Kier molecular flexibility index (Phi) is 2.08. The summed E-state index contributed by atoms with van der Waals surface area (Å²) < 4.78 is 0. The van der Waals surface area contributed by atoms with Gasteiger partial charge in [0.2, 0.25) is 0 Å². The summed E-state index contributed by atoms with van der Waals surface area (Å²) in [6, 6.07) is 7.83. The summed E-state index contributed by atoms with van der Waals surface area (Å²) in [5.41, 5.74) is 2.84. The molecular weight excluding hydrogens is 178 g/mol. The molecule has 3 nitrogen and oxygen atoms in total. The number of rotatable bonds is 1. The predicted molar refractivity (Wildman–Crippen MR) is 53.1 cm³/mol. The second kappa shape index (κ2) is 3.25. The number of aryl methyl sites for hydroxylation is 1. The average molecular weight is 189 g/mol. The fourth-order valence-electron chi connectivity index (χ4n) is 1.53. The number of carbonyl (C=O) groups is 1. The first-order valence-corrected chi connectivity index (χ1v) is 4.50. The van der Waals surface area contributed by atoms with E-state index in [9.17, 15) is 4.79 Å². The summed E-state index contributed by atoms with van der Waals surface area (Å²) >= 11 is 0. The Morgan fingerprint density at radius 1 is 1.21 bits per heavy atom. The van der Waals surface area contributed by atoms with Crippen LogP contribution in [0.1, 0.15) is 24.0 Å². The van der Waals surface area contributed by atoms with Crippen LogP contribution >= 0.6 is 0 Å². The van der Waals surface area contributed by atoms with Crippen molar-refractivity contribution in [2.45, 2.75) is 19.8 Å². The third kappa shape index (κ3) is 1.41. The summed E-state index contributed by atoms with van der Waals surface area (Å²) in [7, 11) is 0. The van der Waals surface area contributed by atoms with Crippen LogP contribution in [0, 0.1) is 6.92 Å². The van der Waals surface area contributed by atoms with Gasteiger partial charge in [0.05, 0.1) is 5.71 Å². The first-order chi connectivity index (χ1) is 6.68. The van der Waals surface area contributed by atoms with Crippen LogP contribution in [0.25, 0.3) is 0 Å². The molecule has 0 unspecified atom stereocenters. The average Bonchev–Trinajstić information content (AvgIpc) is 2.49. The van der Waals surface area contributed by atoms with Crippen LogP contribution in [0.5, 0.6) is 0 Å². The van der Waals surface area contributed by atoms with E-state index in [0.29, 0.717) is 0 Å². The molecule has 0 bridgehead atoms. The van der Waals surface area contributed by atoms with E-state index in [2.05, 4.69) is 9.99 Å². The highest BCUT2D eigenvalue weighted by atomic mass is 16.7. The van der Waals surface area contributed by atoms with Crippen LogP contribution in [0.15, 0.2) is 29.4 Å². The zero-order valence-corrected chi connectivity index (χ0v) is 8.15. The van der Waals surface area contributed by atoms with Crippen LogP contribution < -0.4 is 0 Å². The van der Waals surface area contributed by atoms with Crippen LogP contribution in [0.2, 0.25) is 0 Å². The molecule has 3 heteroatoms. The topological polar surface area (TPSA) is 38.7 Å². The molecule has 0 radical (unpaired) electrons. The van der Waals surface area contributed by atoms with E-state index in [-0.39, 0.29) is 11.9 Å². The zero-order chi connectivity index (χ0) is 10.1. The van der Waals surface area contributed by atoms with Gasteiger partial charge < -0.3 is 4.84 Å². The third-order valence-corrected chi connectivity index (χ3v) is 2.34. The number of carbonyl (C=O) groups excluding carboxylic acids is 1. The Morgan fingerprint density at radius 3 is 2.36 bits per heavy atom. The molecule has 2 rings (SSSR count). The second-order valence-electron chi connectivity index (χ2n) is 3.49. The molecule has 1 aliphatic heterocycles. The van der Waals surface area contributed by atoms with Gasteiger partial charge in [-0.05, 0) is 19.4 Å². The van der Waals surface area contributed by atoms with Crippen LogP contribution in [-0.2, 0) is 9.63 Å². The van der Waals surface area contributed by atoms with Crippen molar-refractivity contribution in [3.8, 4) is 0 Å². The van der Waals surface area contributed by atoms with Crippen molar-refractivity contribution in [1.82, 2.24) is 0 Å². The number of oxime groups is 1. The molecule has 0 aromatic heterocycles. The van der Waals surface area contributed by atoms with Crippen molar-refractivity contribution in [3.05, 3.63) is 35.4 Å². The first kappa shape index (κ1) is 8.94. The van der Waals surface area contributed by atoms with Crippen LogP contribution in [0.3, 0.4) is 0 Å². The van der Waals surface area contributed by atoms with Gasteiger partial charge in [0.1, 0.15) is 5.92 Å².